The van der Waals surface area contributed by atoms with Gasteiger partial charge < -0.3 is 4.74 Å². The highest BCUT2D eigenvalue weighted by atomic mass is 16.5. The molecule has 0 aliphatic carbocycles. The van der Waals surface area contributed by atoms with Gasteiger partial charge in [0.25, 0.3) is 0 Å². The molecular weight excluding hydrogens is 316 g/mol. The lowest BCUT2D eigenvalue weighted by Gasteiger charge is -2.12. The maximum atomic E-state index is 5.41. The van der Waals surface area contributed by atoms with E-state index >= 15 is 0 Å². The fourth-order valence-electron chi connectivity index (χ4n) is 3.19. The molecule has 0 fully saturated rings. The molecule has 0 radical (unpaired) electrons. The van der Waals surface area contributed by atoms with E-state index in [9.17, 15) is 0 Å². The summed E-state index contributed by atoms with van der Waals surface area (Å²) in [6.45, 7) is 0. The molecule has 1 heteroatoms. The predicted octanol–water partition coefficient (Wildman–Crippen LogP) is 6.70. The largest absolute Gasteiger partial charge is 0.497 e. The van der Waals surface area contributed by atoms with Gasteiger partial charge in [-0.1, -0.05) is 72.8 Å². The summed E-state index contributed by atoms with van der Waals surface area (Å²) in [5.41, 5.74) is 7.20. The van der Waals surface area contributed by atoms with Gasteiger partial charge in [-0.25, -0.2) is 0 Å². The van der Waals surface area contributed by atoms with Gasteiger partial charge in [-0.15, -0.1) is 0 Å². The Bertz CT molecular complexity index is 947. The molecule has 26 heavy (non-hydrogen) atoms. The second-order valence-electron chi connectivity index (χ2n) is 6.26. The summed E-state index contributed by atoms with van der Waals surface area (Å²) in [5, 5.41) is 0. The van der Waals surface area contributed by atoms with Crippen molar-refractivity contribution >= 4 is 0 Å². The van der Waals surface area contributed by atoms with Crippen LogP contribution in [-0.4, -0.2) is 7.11 Å². The zero-order chi connectivity index (χ0) is 17.8. The normalized spacial score (nSPS) is 10.5. The van der Waals surface area contributed by atoms with Gasteiger partial charge in [0, 0.05) is 0 Å². The van der Waals surface area contributed by atoms with Gasteiger partial charge in [0.15, 0.2) is 0 Å². The summed E-state index contributed by atoms with van der Waals surface area (Å²) in [7, 11) is 1.70. The van der Waals surface area contributed by atoms with E-state index in [-0.39, 0.29) is 0 Å². The standard InChI is InChI=1S/C25H20O/c1-26-25-14-8-13-21(18-25)24-16-22(19-9-4-2-5-10-19)15-23(17-24)20-11-6-3-7-12-20/h2-18H,1H3. The first-order valence-electron chi connectivity index (χ1n) is 8.74. The van der Waals surface area contributed by atoms with Gasteiger partial charge in [-0.2, -0.15) is 0 Å². The fraction of sp³-hybridized carbons (Fsp3) is 0.0400. The first-order valence-corrected chi connectivity index (χ1v) is 8.74. The van der Waals surface area contributed by atoms with Crippen LogP contribution >= 0.6 is 0 Å². The topological polar surface area (TPSA) is 9.23 Å². The Morgan fingerprint density at radius 2 is 0.885 bits per heavy atom. The summed E-state index contributed by atoms with van der Waals surface area (Å²) < 4.78 is 5.41. The molecule has 0 saturated heterocycles. The molecule has 0 saturated carbocycles. The molecule has 4 aromatic rings. The second-order valence-corrected chi connectivity index (χ2v) is 6.26. The highest BCUT2D eigenvalue weighted by Gasteiger charge is 2.08. The summed E-state index contributed by atoms with van der Waals surface area (Å²) in [6.07, 6.45) is 0. The lowest BCUT2D eigenvalue weighted by Crippen LogP contribution is -1.87. The van der Waals surface area contributed by atoms with Crippen LogP contribution in [0.2, 0.25) is 0 Å². The lowest BCUT2D eigenvalue weighted by molar-refractivity contribution is 0.415. The summed E-state index contributed by atoms with van der Waals surface area (Å²) in [5.74, 6) is 0.869. The molecular formula is C25H20O. The Hall–Kier alpha value is -3.32. The molecule has 0 heterocycles. The maximum Gasteiger partial charge on any atom is 0.119 e. The molecule has 126 valence electrons. The first kappa shape index (κ1) is 16.2. The number of hydrogen-bond donors (Lipinski definition) is 0. The van der Waals surface area contributed by atoms with Crippen molar-refractivity contribution in [3.63, 3.8) is 0 Å². The van der Waals surface area contributed by atoms with Crippen LogP contribution in [0.15, 0.2) is 103 Å². The Morgan fingerprint density at radius 3 is 1.38 bits per heavy atom. The third-order valence-electron chi connectivity index (χ3n) is 4.55. The van der Waals surface area contributed by atoms with Crippen LogP contribution in [0.25, 0.3) is 33.4 Å². The number of benzene rings is 4. The zero-order valence-corrected chi connectivity index (χ0v) is 14.7. The molecule has 4 aromatic carbocycles. The third kappa shape index (κ3) is 3.38. The monoisotopic (exact) mass is 336 g/mol. The van der Waals surface area contributed by atoms with Gasteiger partial charge >= 0.3 is 0 Å². The van der Waals surface area contributed by atoms with Gasteiger partial charge in [0.1, 0.15) is 5.75 Å². The van der Waals surface area contributed by atoms with Crippen LogP contribution in [-0.2, 0) is 0 Å². The van der Waals surface area contributed by atoms with Crippen LogP contribution in [0.1, 0.15) is 0 Å². The smallest absolute Gasteiger partial charge is 0.119 e. The highest BCUT2D eigenvalue weighted by Crippen LogP contribution is 2.33. The van der Waals surface area contributed by atoms with Crippen molar-refractivity contribution in [3.8, 4) is 39.1 Å². The quantitative estimate of drug-likeness (QED) is 0.403. The SMILES string of the molecule is COc1cccc(-c2cc(-c3ccccc3)cc(-c3ccccc3)c2)c1. The van der Waals surface area contributed by atoms with Crippen molar-refractivity contribution in [1.82, 2.24) is 0 Å². The maximum absolute atomic E-state index is 5.41. The van der Waals surface area contributed by atoms with Gasteiger partial charge in [0.2, 0.25) is 0 Å². The van der Waals surface area contributed by atoms with Crippen LogP contribution < -0.4 is 4.74 Å². The summed E-state index contributed by atoms with van der Waals surface area (Å²) in [6, 6.07) is 36.0. The Labute approximate surface area is 154 Å². The third-order valence-corrected chi connectivity index (χ3v) is 4.55. The highest BCUT2D eigenvalue weighted by molar-refractivity contribution is 5.81. The molecule has 0 atom stereocenters. The summed E-state index contributed by atoms with van der Waals surface area (Å²) >= 11 is 0. The van der Waals surface area contributed by atoms with Crippen LogP contribution in [0.3, 0.4) is 0 Å². The van der Waals surface area contributed by atoms with Gasteiger partial charge in [-0.05, 0) is 63.7 Å². The van der Waals surface area contributed by atoms with E-state index in [1.54, 1.807) is 7.11 Å². The van der Waals surface area contributed by atoms with Crippen LogP contribution in [0.4, 0.5) is 0 Å². The minimum Gasteiger partial charge on any atom is -0.497 e. The predicted molar refractivity (Wildman–Crippen MR) is 109 cm³/mol. The van der Waals surface area contributed by atoms with E-state index < -0.39 is 0 Å². The van der Waals surface area contributed by atoms with Gasteiger partial charge in [0.05, 0.1) is 7.11 Å². The van der Waals surface area contributed by atoms with Crippen molar-refractivity contribution < 1.29 is 4.74 Å². The van der Waals surface area contributed by atoms with Crippen molar-refractivity contribution in [1.29, 1.82) is 0 Å². The van der Waals surface area contributed by atoms with E-state index in [2.05, 4.69) is 78.9 Å². The molecule has 0 aliphatic heterocycles. The molecule has 0 bridgehead atoms. The van der Waals surface area contributed by atoms with Crippen molar-refractivity contribution in [2.45, 2.75) is 0 Å². The second kappa shape index (κ2) is 7.28. The molecule has 4 rings (SSSR count). The number of methoxy groups -OCH3 is 1. The van der Waals surface area contributed by atoms with Crippen molar-refractivity contribution in [3.05, 3.63) is 103 Å². The first-order chi connectivity index (χ1) is 12.8. The van der Waals surface area contributed by atoms with Crippen molar-refractivity contribution in [2.75, 3.05) is 7.11 Å². The number of ether oxygens (including phenoxy) is 1. The number of hydrogen-bond acceptors (Lipinski definition) is 1. The molecule has 0 aromatic heterocycles. The van der Waals surface area contributed by atoms with Gasteiger partial charge in [-0.3, -0.25) is 0 Å². The average molecular weight is 336 g/mol. The van der Waals surface area contributed by atoms with E-state index in [0.717, 1.165) is 11.3 Å². The Kier molecular flexibility index (Phi) is 4.53. The van der Waals surface area contributed by atoms with Crippen LogP contribution in [0, 0.1) is 0 Å². The minimum absolute atomic E-state index is 0.869. The van der Waals surface area contributed by atoms with E-state index in [0.29, 0.717) is 0 Å². The van der Waals surface area contributed by atoms with Crippen molar-refractivity contribution in [2.24, 2.45) is 0 Å². The summed E-state index contributed by atoms with van der Waals surface area (Å²) in [4.78, 5) is 0. The molecule has 0 amide bonds. The molecule has 1 nitrogen and oxygen atoms in total. The fourth-order valence-corrected chi connectivity index (χ4v) is 3.19. The Balaban J connectivity index is 1.90. The zero-order valence-electron chi connectivity index (χ0n) is 14.7. The minimum atomic E-state index is 0.869. The van der Waals surface area contributed by atoms with E-state index in [1.807, 2.05) is 24.3 Å². The van der Waals surface area contributed by atoms with E-state index in [1.165, 1.54) is 27.8 Å². The average Bonchev–Trinajstić information content (AvgIpc) is 2.75. The molecule has 0 spiro atoms. The Morgan fingerprint density at radius 1 is 0.423 bits per heavy atom. The number of rotatable bonds is 4. The van der Waals surface area contributed by atoms with Crippen LogP contribution in [0.5, 0.6) is 5.75 Å². The molecule has 0 aliphatic rings. The lowest BCUT2D eigenvalue weighted by atomic mass is 9.93. The molecule has 0 N–H and O–H groups in total. The molecule has 0 unspecified atom stereocenters. The van der Waals surface area contributed by atoms with E-state index in [4.69, 9.17) is 4.74 Å².